The first-order chi connectivity index (χ1) is 6.50. The Labute approximate surface area is 77.7 Å². The number of hydrogen-bond acceptors (Lipinski definition) is 5. The van der Waals surface area contributed by atoms with E-state index in [0.717, 1.165) is 12.1 Å². The first-order valence-corrected chi connectivity index (χ1v) is 3.53. The van der Waals surface area contributed by atoms with Crippen molar-refractivity contribution in [3.63, 3.8) is 0 Å². The number of aromatic hydroxyl groups is 2. The largest absolute Gasteiger partial charge is 0.492 e. The molecule has 7 nitrogen and oxygen atoms in total. The molecule has 1 aromatic rings. The molecule has 3 N–H and O–H groups in total. The van der Waals surface area contributed by atoms with Crippen LogP contribution >= 0.6 is 0 Å². The van der Waals surface area contributed by atoms with Gasteiger partial charge in [0.2, 0.25) is 11.8 Å². The molecule has 0 aliphatic rings. The van der Waals surface area contributed by atoms with Crippen LogP contribution in [0.4, 0.5) is 0 Å². The highest BCUT2D eigenvalue weighted by molar-refractivity contribution is 5.90. The monoisotopic (exact) mass is 201 g/mol. The van der Waals surface area contributed by atoms with Crippen molar-refractivity contribution in [3.8, 4) is 11.8 Å². The average molecular weight is 201 g/mol. The number of aliphatic carboxylic acids is 1. The molecule has 0 spiro atoms. The molecule has 0 saturated carbocycles. The van der Waals surface area contributed by atoms with E-state index in [0.29, 0.717) is 4.73 Å². The molecule has 14 heavy (non-hydrogen) atoms. The zero-order valence-corrected chi connectivity index (χ0v) is 6.88. The highest BCUT2D eigenvalue weighted by atomic mass is 16.7. The molecule has 1 rings (SSSR count). The maximum absolute atomic E-state index is 10.8. The smallest absolute Gasteiger partial charge is 0.344 e. The maximum atomic E-state index is 10.8. The van der Waals surface area contributed by atoms with E-state index in [-0.39, 0.29) is 0 Å². The first-order valence-electron chi connectivity index (χ1n) is 3.53. The van der Waals surface area contributed by atoms with E-state index in [4.69, 9.17) is 15.3 Å². The molecule has 0 atom stereocenters. The summed E-state index contributed by atoms with van der Waals surface area (Å²) in [5.41, 5.74) is 0. The Hall–Kier alpha value is -2.18. The second-order valence-electron chi connectivity index (χ2n) is 2.38. The normalized spacial score (nSPS) is 9.71. The van der Waals surface area contributed by atoms with E-state index in [1.807, 2.05) is 0 Å². The van der Waals surface area contributed by atoms with Gasteiger partial charge in [0.1, 0.15) is 6.42 Å². The summed E-state index contributed by atoms with van der Waals surface area (Å²) in [6, 6.07) is 2.17. The lowest BCUT2D eigenvalue weighted by Crippen LogP contribution is -2.21. The SMILES string of the molecule is O=C(O)CC(=O)On1c(O)ccc1O. The van der Waals surface area contributed by atoms with Gasteiger partial charge in [0.25, 0.3) is 0 Å². The van der Waals surface area contributed by atoms with Crippen LogP contribution in [-0.2, 0) is 9.59 Å². The Morgan fingerprint density at radius 1 is 1.29 bits per heavy atom. The number of carboxylic acids is 1. The molecule has 0 radical (unpaired) electrons. The Balaban J connectivity index is 2.69. The van der Waals surface area contributed by atoms with Crippen LogP contribution in [0.15, 0.2) is 12.1 Å². The van der Waals surface area contributed by atoms with Gasteiger partial charge in [-0.3, -0.25) is 4.79 Å². The van der Waals surface area contributed by atoms with Gasteiger partial charge in [-0.05, 0) is 0 Å². The summed E-state index contributed by atoms with van der Waals surface area (Å²) in [5.74, 6) is -3.46. The summed E-state index contributed by atoms with van der Waals surface area (Å²) in [4.78, 5) is 25.2. The Morgan fingerprint density at radius 2 is 1.79 bits per heavy atom. The molecule has 7 heteroatoms. The molecule has 0 saturated heterocycles. The van der Waals surface area contributed by atoms with Crippen LogP contribution in [0, 0.1) is 0 Å². The van der Waals surface area contributed by atoms with Crippen LogP contribution in [0.1, 0.15) is 6.42 Å². The van der Waals surface area contributed by atoms with Gasteiger partial charge in [0.05, 0.1) is 0 Å². The number of carbonyl (C=O) groups excluding carboxylic acids is 1. The van der Waals surface area contributed by atoms with E-state index < -0.39 is 30.1 Å². The third-order valence-electron chi connectivity index (χ3n) is 1.29. The maximum Gasteiger partial charge on any atom is 0.344 e. The average Bonchev–Trinajstić information content (AvgIpc) is 2.34. The lowest BCUT2D eigenvalue weighted by molar-refractivity contribution is -0.152. The Morgan fingerprint density at radius 3 is 2.21 bits per heavy atom. The van der Waals surface area contributed by atoms with Gasteiger partial charge in [0, 0.05) is 12.1 Å². The second kappa shape index (κ2) is 3.69. The third kappa shape index (κ3) is 2.16. The van der Waals surface area contributed by atoms with Crippen molar-refractivity contribution in [2.24, 2.45) is 0 Å². The van der Waals surface area contributed by atoms with Crippen molar-refractivity contribution in [3.05, 3.63) is 12.1 Å². The summed E-state index contributed by atoms with van der Waals surface area (Å²) in [6.07, 6.45) is -0.850. The molecule has 0 unspecified atom stereocenters. The van der Waals surface area contributed by atoms with Crippen molar-refractivity contribution in [1.29, 1.82) is 0 Å². The lowest BCUT2D eigenvalue weighted by atomic mass is 10.5. The predicted molar refractivity (Wildman–Crippen MR) is 41.6 cm³/mol. The lowest BCUT2D eigenvalue weighted by Gasteiger charge is -2.04. The molecule has 76 valence electrons. The number of rotatable bonds is 3. The molecule has 0 fully saturated rings. The van der Waals surface area contributed by atoms with E-state index in [9.17, 15) is 9.59 Å². The van der Waals surface area contributed by atoms with Gasteiger partial charge >= 0.3 is 11.9 Å². The molecular formula is C7H7NO6. The van der Waals surface area contributed by atoms with E-state index in [2.05, 4.69) is 4.84 Å². The van der Waals surface area contributed by atoms with Crippen LogP contribution in [-0.4, -0.2) is 32.0 Å². The van der Waals surface area contributed by atoms with Crippen molar-refractivity contribution >= 4 is 11.9 Å². The van der Waals surface area contributed by atoms with Gasteiger partial charge < -0.3 is 20.2 Å². The fraction of sp³-hybridized carbons (Fsp3) is 0.143. The van der Waals surface area contributed by atoms with Crippen molar-refractivity contribution in [2.45, 2.75) is 6.42 Å². The minimum Gasteiger partial charge on any atom is -0.492 e. The number of carboxylic acid groups (broad SMARTS) is 1. The van der Waals surface area contributed by atoms with Crippen LogP contribution in [0.25, 0.3) is 0 Å². The highest BCUT2D eigenvalue weighted by Gasteiger charge is 2.14. The quantitative estimate of drug-likeness (QED) is 0.559. The fourth-order valence-corrected chi connectivity index (χ4v) is 0.753. The summed E-state index contributed by atoms with van der Waals surface area (Å²) in [6.45, 7) is 0. The molecule has 0 amide bonds. The van der Waals surface area contributed by atoms with Crippen molar-refractivity contribution in [2.75, 3.05) is 0 Å². The van der Waals surface area contributed by atoms with Crippen LogP contribution < -0.4 is 4.84 Å². The predicted octanol–water partition coefficient (Wildman–Crippen LogP) is -0.671. The minimum absolute atomic E-state index is 0.422. The number of carbonyl (C=O) groups is 2. The standard InChI is InChI=1S/C7H7NO6/c9-4-1-2-5(10)8(4)14-7(13)3-6(11)12/h1-2,9-10H,3H2,(H,11,12). The number of hydrogen-bond donors (Lipinski definition) is 3. The second-order valence-corrected chi connectivity index (χ2v) is 2.38. The molecule has 0 aromatic carbocycles. The number of aromatic nitrogens is 1. The molecule has 1 heterocycles. The summed E-state index contributed by atoms with van der Waals surface area (Å²) >= 11 is 0. The molecule has 1 aromatic heterocycles. The van der Waals surface area contributed by atoms with Crippen LogP contribution in [0.3, 0.4) is 0 Å². The first kappa shape index (κ1) is 9.90. The van der Waals surface area contributed by atoms with Crippen molar-refractivity contribution < 1.29 is 29.7 Å². The van der Waals surface area contributed by atoms with Gasteiger partial charge in [0.15, 0.2) is 0 Å². The van der Waals surface area contributed by atoms with Crippen LogP contribution in [0.2, 0.25) is 0 Å². The third-order valence-corrected chi connectivity index (χ3v) is 1.29. The summed E-state index contributed by atoms with van der Waals surface area (Å²) in [5, 5.41) is 26.2. The molecule has 0 aliphatic heterocycles. The topological polar surface area (TPSA) is 109 Å². The minimum atomic E-state index is -1.36. The Kier molecular flexibility index (Phi) is 2.61. The number of nitrogens with zero attached hydrogens (tertiary/aromatic N) is 1. The van der Waals surface area contributed by atoms with E-state index in [1.165, 1.54) is 0 Å². The van der Waals surface area contributed by atoms with E-state index >= 15 is 0 Å². The van der Waals surface area contributed by atoms with Gasteiger partial charge in [-0.15, -0.1) is 4.73 Å². The highest BCUT2D eigenvalue weighted by Crippen LogP contribution is 2.18. The molecule has 0 aliphatic carbocycles. The van der Waals surface area contributed by atoms with E-state index in [1.54, 1.807) is 0 Å². The molecular weight excluding hydrogens is 194 g/mol. The molecule has 0 bridgehead atoms. The van der Waals surface area contributed by atoms with Gasteiger partial charge in [-0.2, -0.15) is 0 Å². The Bertz CT molecular complexity index is 349. The zero-order valence-electron chi connectivity index (χ0n) is 6.88. The van der Waals surface area contributed by atoms with Crippen molar-refractivity contribution in [1.82, 2.24) is 4.73 Å². The fourth-order valence-electron chi connectivity index (χ4n) is 0.753. The van der Waals surface area contributed by atoms with Gasteiger partial charge in [-0.25, -0.2) is 4.79 Å². The summed E-state index contributed by atoms with van der Waals surface area (Å²) < 4.78 is 0.422. The zero-order chi connectivity index (χ0) is 10.7. The van der Waals surface area contributed by atoms with Crippen LogP contribution in [0.5, 0.6) is 11.8 Å². The van der Waals surface area contributed by atoms with Gasteiger partial charge in [-0.1, -0.05) is 0 Å². The summed E-state index contributed by atoms with van der Waals surface area (Å²) in [7, 11) is 0.